The van der Waals surface area contributed by atoms with E-state index in [1.807, 2.05) is 17.3 Å². The number of amides is 1. The zero-order chi connectivity index (χ0) is 13.8. The maximum absolute atomic E-state index is 11.8. The summed E-state index contributed by atoms with van der Waals surface area (Å²) >= 11 is 5.08. The molecule has 0 unspecified atom stereocenters. The number of aromatic nitrogens is 1. The largest absolute Gasteiger partial charge is 0.360 e. The standard InChI is InChI=1S/C12H14BrN3O2S/c1-8-3-11(15-18-8)14-12(17)6-16(2)5-10-4-9(13)7-19-10/h3-4,7H,5-6H2,1-2H3,(H,14,15,17). The highest BCUT2D eigenvalue weighted by atomic mass is 79.9. The fraction of sp³-hybridized carbons (Fsp3) is 0.333. The fourth-order valence-corrected chi connectivity index (χ4v) is 3.14. The Bertz CT molecular complexity index is 567. The first kappa shape index (κ1) is 14.2. The van der Waals surface area contributed by atoms with Gasteiger partial charge in [-0.05, 0) is 36.0 Å². The minimum atomic E-state index is -0.105. The first-order chi connectivity index (χ1) is 9.02. The average Bonchev–Trinajstić information content (AvgIpc) is 2.87. The molecule has 1 N–H and O–H groups in total. The van der Waals surface area contributed by atoms with Gasteiger partial charge in [0, 0.05) is 27.3 Å². The maximum Gasteiger partial charge on any atom is 0.239 e. The first-order valence-electron chi connectivity index (χ1n) is 5.67. The van der Waals surface area contributed by atoms with E-state index in [9.17, 15) is 4.79 Å². The van der Waals surface area contributed by atoms with Gasteiger partial charge in [-0.15, -0.1) is 11.3 Å². The van der Waals surface area contributed by atoms with E-state index in [0.29, 0.717) is 18.1 Å². The second kappa shape index (κ2) is 6.31. The molecule has 2 aromatic rings. The van der Waals surface area contributed by atoms with Crippen LogP contribution in [0.15, 0.2) is 26.5 Å². The van der Waals surface area contributed by atoms with Crippen LogP contribution in [0.25, 0.3) is 0 Å². The number of thiophene rings is 1. The smallest absolute Gasteiger partial charge is 0.239 e. The van der Waals surface area contributed by atoms with Crippen molar-refractivity contribution in [3.63, 3.8) is 0 Å². The molecule has 0 atom stereocenters. The summed E-state index contributed by atoms with van der Waals surface area (Å²) in [5, 5.41) is 8.44. The topological polar surface area (TPSA) is 58.4 Å². The van der Waals surface area contributed by atoms with Gasteiger partial charge in [0.05, 0.1) is 6.54 Å². The number of likely N-dealkylation sites (N-methyl/N-ethyl adjacent to an activating group) is 1. The van der Waals surface area contributed by atoms with Crippen molar-refractivity contribution in [2.45, 2.75) is 13.5 Å². The Morgan fingerprint density at radius 1 is 1.58 bits per heavy atom. The number of aryl methyl sites for hydroxylation is 1. The van der Waals surface area contributed by atoms with E-state index in [2.05, 4.69) is 32.5 Å². The summed E-state index contributed by atoms with van der Waals surface area (Å²) in [6.07, 6.45) is 0. The van der Waals surface area contributed by atoms with Crippen LogP contribution in [0.2, 0.25) is 0 Å². The molecule has 0 aromatic carbocycles. The Hall–Kier alpha value is -1.18. The summed E-state index contributed by atoms with van der Waals surface area (Å²) < 4.78 is 5.96. The lowest BCUT2D eigenvalue weighted by molar-refractivity contribution is -0.117. The van der Waals surface area contributed by atoms with E-state index in [4.69, 9.17) is 4.52 Å². The first-order valence-corrected chi connectivity index (χ1v) is 7.35. The molecule has 2 aromatic heterocycles. The SMILES string of the molecule is Cc1cc(NC(=O)CN(C)Cc2cc(Br)cs2)no1. The van der Waals surface area contributed by atoms with Crippen LogP contribution in [-0.2, 0) is 11.3 Å². The minimum Gasteiger partial charge on any atom is -0.360 e. The van der Waals surface area contributed by atoms with Crippen LogP contribution in [0.4, 0.5) is 5.82 Å². The lowest BCUT2D eigenvalue weighted by atomic mass is 10.4. The summed E-state index contributed by atoms with van der Waals surface area (Å²) in [6.45, 7) is 2.83. The minimum absolute atomic E-state index is 0.105. The number of hydrogen-bond donors (Lipinski definition) is 1. The molecule has 0 saturated heterocycles. The van der Waals surface area contributed by atoms with Crippen molar-refractivity contribution in [1.82, 2.24) is 10.1 Å². The molecule has 0 saturated carbocycles. The number of carbonyl (C=O) groups excluding carboxylic acids is 1. The summed E-state index contributed by atoms with van der Waals surface area (Å²) in [6, 6.07) is 3.74. The zero-order valence-electron chi connectivity index (χ0n) is 10.6. The molecular formula is C12H14BrN3O2S. The number of anilines is 1. The number of halogens is 1. The third-order valence-corrected chi connectivity index (χ3v) is 4.04. The lowest BCUT2D eigenvalue weighted by Crippen LogP contribution is -2.29. The van der Waals surface area contributed by atoms with E-state index in [1.54, 1.807) is 24.3 Å². The quantitative estimate of drug-likeness (QED) is 0.906. The van der Waals surface area contributed by atoms with Gasteiger partial charge in [0.1, 0.15) is 5.76 Å². The van der Waals surface area contributed by atoms with Gasteiger partial charge in [0.2, 0.25) is 5.91 Å². The van der Waals surface area contributed by atoms with Crippen molar-refractivity contribution in [1.29, 1.82) is 0 Å². The van der Waals surface area contributed by atoms with Gasteiger partial charge < -0.3 is 9.84 Å². The highest BCUT2D eigenvalue weighted by molar-refractivity contribution is 9.10. The monoisotopic (exact) mass is 343 g/mol. The molecule has 19 heavy (non-hydrogen) atoms. The molecule has 0 radical (unpaired) electrons. The van der Waals surface area contributed by atoms with E-state index in [1.165, 1.54) is 4.88 Å². The van der Waals surface area contributed by atoms with Crippen molar-refractivity contribution in [3.8, 4) is 0 Å². The van der Waals surface area contributed by atoms with Crippen LogP contribution in [0.3, 0.4) is 0 Å². The molecule has 2 rings (SSSR count). The van der Waals surface area contributed by atoms with Gasteiger partial charge >= 0.3 is 0 Å². The number of rotatable bonds is 5. The van der Waals surface area contributed by atoms with E-state index in [0.717, 1.165) is 11.0 Å². The van der Waals surface area contributed by atoms with Crippen LogP contribution < -0.4 is 5.32 Å². The van der Waals surface area contributed by atoms with E-state index >= 15 is 0 Å². The lowest BCUT2D eigenvalue weighted by Gasteiger charge is -2.14. The Balaban J connectivity index is 1.81. The van der Waals surface area contributed by atoms with Crippen LogP contribution in [-0.4, -0.2) is 29.6 Å². The van der Waals surface area contributed by atoms with Gasteiger partial charge in [-0.1, -0.05) is 5.16 Å². The Labute approximate surface area is 123 Å². The molecule has 0 spiro atoms. The molecule has 2 heterocycles. The average molecular weight is 344 g/mol. The predicted octanol–water partition coefficient (Wildman–Crippen LogP) is 2.88. The molecular weight excluding hydrogens is 330 g/mol. The number of carbonyl (C=O) groups is 1. The van der Waals surface area contributed by atoms with Crippen LogP contribution in [0.1, 0.15) is 10.6 Å². The van der Waals surface area contributed by atoms with Gasteiger partial charge in [0.25, 0.3) is 0 Å². The van der Waals surface area contributed by atoms with Crippen molar-refractivity contribution < 1.29 is 9.32 Å². The Kier molecular flexibility index (Phi) is 4.73. The second-order valence-corrected chi connectivity index (χ2v) is 6.19. The molecule has 0 aliphatic heterocycles. The highest BCUT2D eigenvalue weighted by Gasteiger charge is 2.10. The van der Waals surface area contributed by atoms with Gasteiger partial charge in [-0.3, -0.25) is 9.69 Å². The Morgan fingerprint density at radius 3 is 2.95 bits per heavy atom. The van der Waals surface area contributed by atoms with Crippen molar-refractivity contribution >= 4 is 39.0 Å². The molecule has 0 fully saturated rings. The Morgan fingerprint density at radius 2 is 2.37 bits per heavy atom. The molecule has 0 aliphatic rings. The van der Waals surface area contributed by atoms with Gasteiger partial charge in [0.15, 0.2) is 5.82 Å². The van der Waals surface area contributed by atoms with E-state index in [-0.39, 0.29) is 5.91 Å². The molecule has 7 heteroatoms. The zero-order valence-corrected chi connectivity index (χ0v) is 13.0. The van der Waals surface area contributed by atoms with Crippen LogP contribution in [0.5, 0.6) is 0 Å². The summed E-state index contributed by atoms with van der Waals surface area (Å²) in [5.41, 5.74) is 0. The molecule has 5 nitrogen and oxygen atoms in total. The van der Waals surface area contributed by atoms with Crippen molar-refractivity contribution in [3.05, 3.63) is 32.6 Å². The molecule has 102 valence electrons. The predicted molar refractivity (Wildman–Crippen MR) is 78.2 cm³/mol. The normalized spacial score (nSPS) is 10.9. The van der Waals surface area contributed by atoms with E-state index < -0.39 is 0 Å². The third kappa shape index (κ3) is 4.45. The van der Waals surface area contributed by atoms with Crippen LogP contribution in [0, 0.1) is 6.92 Å². The highest BCUT2D eigenvalue weighted by Crippen LogP contribution is 2.20. The second-order valence-electron chi connectivity index (χ2n) is 4.27. The summed E-state index contributed by atoms with van der Waals surface area (Å²) in [7, 11) is 1.90. The van der Waals surface area contributed by atoms with Gasteiger partial charge in [-0.2, -0.15) is 0 Å². The van der Waals surface area contributed by atoms with Crippen molar-refractivity contribution in [2.75, 3.05) is 18.9 Å². The maximum atomic E-state index is 11.8. The third-order valence-electron chi connectivity index (χ3n) is 2.36. The fourth-order valence-electron chi connectivity index (χ4n) is 1.61. The molecule has 1 amide bonds. The number of nitrogens with zero attached hydrogens (tertiary/aromatic N) is 2. The van der Waals surface area contributed by atoms with Gasteiger partial charge in [-0.25, -0.2) is 0 Å². The number of hydrogen-bond acceptors (Lipinski definition) is 5. The molecule has 0 aliphatic carbocycles. The van der Waals surface area contributed by atoms with Crippen molar-refractivity contribution in [2.24, 2.45) is 0 Å². The number of nitrogens with one attached hydrogen (secondary N) is 1. The summed E-state index contributed by atoms with van der Waals surface area (Å²) in [5.74, 6) is 1.02. The summed E-state index contributed by atoms with van der Waals surface area (Å²) in [4.78, 5) is 14.9. The van der Waals surface area contributed by atoms with Crippen LogP contribution >= 0.6 is 27.3 Å². The molecule has 0 bridgehead atoms.